The van der Waals surface area contributed by atoms with E-state index in [0.717, 1.165) is 41.0 Å². The summed E-state index contributed by atoms with van der Waals surface area (Å²) >= 11 is 1.71. The first-order chi connectivity index (χ1) is 17.1. The number of thiophene rings is 1. The second kappa shape index (κ2) is 9.28. The van der Waals surface area contributed by atoms with Gasteiger partial charge in [-0.15, -0.1) is 11.3 Å². The summed E-state index contributed by atoms with van der Waals surface area (Å²) in [6, 6.07) is 12.6. The third-order valence-corrected chi connectivity index (χ3v) is 8.46. The lowest BCUT2D eigenvalue weighted by atomic mass is 9.72. The topological polar surface area (TPSA) is 76.7 Å². The second-order valence-electron chi connectivity index (χ2n) is 10.7. The van der Waals surface area contributed by atoms with Crippen molar-refractivity contribution >= 4 is 28.2 Å². The van der Waals surface area contributed by atoms with E-state index in [0.29, 0.717) is 23.0 Å². The Morgan fingerprint density at radius 2 is 1.81 bits per heavy atom. The summed E-state index contributed by atoms with van der Waals surface area (Å²) in [7, 11) is 1.53. The van der Waals surface area contributed by atoms with Crippen LogP contribution in [0.1, 0.15) is 75.6 Å². The molecule has 6 nitrogen and oxygen atoms in total. The number of hydrogen-bond donors (Lipinski definition) is 2. The molecule has 0 unspecified atom stereocenters. The van der Waals surface area contributed by atoms with Crippen molar-refractivity contribution in [2.75, 3.05) is 12.4 Å². The van der Waals surface area contributed by atoms with Gasteiger partial charge >= 0.3 is 5.97 Å². The Kier molecular flexibility index (Phi) is 6.29. The second-order valence-corrected chi connectivity index (χ2v) is 11.8. The van der Waals surface area contributed by atoms with Crippen LogP contribution in [-0.2, 0) is 12.8 Å². The van der Waals surface area contributed by atoms with Gasteiger partial charge in [0, 0.05) is 4.88 Å². The molecular weight excluding hydrogens is 472 g/mol. The zero-order chi connectivity index (χ0) is 25.6. The maximum atomic E-state index is 13.2. The molecule has 1 aliphatic heterocycles. The minimum Gasteiger partial charge on any atom is -0.493 e. The van der Waals surface area contributed by atoms with Crippen molar-refractivity contribution in [3.8, 4) is 11.5 Å². The first-order valence-electron chi connectivity index (χ1n) is 12.3. The number of hydrogen-bond acceptors (Lipinski definition) is 6. The van der Waals surface area contributed by atoms with Gasteiger partial charge in [-0.05, 0) is 72.9 Å². The molecule has 0 fully saturated rings. The number of ether oxygens (including phenoxy) is 2. The van der Waals surface area contributed by atoms with E-state index < -0.39 is 12.1 Å². The molecule has 3 aromatic rings. The van der Waals surface area contributed by atoms with E-state index in [1.54, 1.807) is 35.6 Å². The number of amides is 1. The van der Waals surface area contributed by atoms with Crippen molar-refractivity contribution in [2.24, 2.45) is 11.3 Å². The lowest BCUT2D eigenvalue weighted by molar-refractivity contribution is 0.0729. The maximum Gasteiger partial charge on any atom is 0.343 e. The number of fused-ring (bicyclic) bond motifs is 3. The van der Waals surface area contributed by atoms with Crippen LogP contribution in [0, 0.1) is 18.3 Å². The summed E-state index contributed by atoms with van der Waals surface area (Å²) < 4.78 is 11.1. The van der Waals surface area contributed by atoms with Crippen LogP contribution in [0.2, 0.25) is 0 Å². The van der Waals surface area contributed by atoms with E-state index in [2.05, 4.69) is 31.4 Å². The molecule has 1 aromatic heterocycles. The normalized spacial score (nSPS) is 19.0. The van der Waals surface area contributed by atoms with Crippen molar-refractivity contribution in [3.05, 3.63) is 75.2 Å². The average molecular weight is 505 g/mol. The molecule has 2 aromatic carbocycles. The Morgan fingerprint density at radius 1 is 1.06 bits per heavy atom. The Balaban J connectivity index is 1.36. The molecular formula is C29H32N2O4S. The summed E-state index contributed by atoms with van der Waals surface area (Å²) in [5.74, 6) is 0.868. The number of carbonyl (C=O) groups excluding carboxylic acids is 2. The monoisotopic (exact) mass is 504 g/mol. The van der Waals surface area contributed by atoms with Gasteiger partial charge in [0.25, 0.3) is 5.91 Å². The highest BCUT2D eigenvalue weighted by molar-refractivity contribution is 7.16. The molecule has 1 amide bonds. The lowest BCUT2D eigenvalue weighted by Crippen LogP contribution is -2.38. The molecule has 2 N–H and O–H groups in total. The summed E-state index contributed by atoms with van der Waals surface area (Å²) in [5.41, 5.74) is 4.61. The molecule has 188 valence electrons. The first-order valence-corrected chi connectivity index (χ1v) is 13.1. The number of esters is 1. The molecule has 0 saturated carbocycles. The van der Waals surface area contributed by atoms with E-state index in [1.807, 2.05) is 25.1 Å². The number of anilines is 1. The quantitative estimate of drug-likeness (QED) is 0.323. The predicted molar refractivity (Wildman–Crippen MR) is 142 cm³/mol. The largest absolute Gasteiger partial charge is 0.493 e. The first kappa shape index (κ1) is 24.4. The fraction of sp³-hybridized carbons (Fsp3) is 0.379. The van der Waals surface area contributed by atoms with Gasteiger partial charge in [-0.2, -0.15) is 0 Å². The SMILES string of the molecule is COc1cc([C@H]2NC(=O)c3c(sc4c3CC[C@H](C(C)(C)C)C4)N2)ccc1OC(=O)c1ccc(C)cc1. The summed E-state index contributed by atoms with van der Waals surface area (Å²) in [6.07, 6.45) is 2.67. The van der Waals surface area contributed by atoms with Crippen LogP contribution in [-0.4, -0.2) is 19.0 Å². The van der Waals surface area contributed by atoms with Crippen LogP contribution < -0.4 is 20.1 Å². The number of carbonyl (C=O) groups is 2. The van der Waals surface area contributed by atoms with E-state index >= 15 is 0 Å². The molecule has 0 radical (unpaired) electrons. The zero-order valence-corrected chi connectivity index (χ0v) is 22.2. The highest BCUT2D eigenvalue weighted by Gasteiger charge is 2.36. The van der Waals surface area contributed by atoms with Gasteiger partial charge in [0.05, 0.1) is 18.2 Å². The van der Waals surface area contributed by atoms with Crippen LogP contribution in [0.4, 0.5) is 5.00 Å². The van der Waals surface area contributed by atoms with Gasteiger partial charge in [0.1, 0.15) is 11.2 Å². The fourth-order valence-electron chi connectivity index (χ4n) is 5.00. The number of benzene rings is 2. The number of methoxy groups -OCH3 is 1. The molecule has 0 spiro atoms. The smallest absolute Gasteiger partial charge is 0.343 e. The molecule has 36 heavy (non-hydrogen) atoms. The average Bonchev–Trinajstić information content (AvgIpc) is 3.22. The van der Waals surface area contributed by atoms with Gasteiger partial charge in [0.2, 0.25) is 0 Å². The Bertz CT molecular complexity index is 1320. The number of rotatable bonds is 4. The van der Waals surface area contributed by atoms with Crippen molar-refractivity contribution in [1.29, 1.82) is 0 Å². The summed E-state index contributed by atoms with van der Waals surface area (Å²) in [5, 5.41) is 7.55. The zero-order valence-electron chi connectivity index (χ0n) is 21.4. The number of aryl methyl sites for hydroxylation is 1. The lowest BCUT2D eigenvalue weighted by Gasteiger charge is -2.34. The number of nitrogens with one attached hydrogen (secondary N) is 2. The minimum atomic E-state index is -0.451. The molecule has 0 bridgehead atoms. The van der Waals surface area contributed by atoms with E-state index in [9.17, 15) is 9.59 Å². The van der Waals surface area contributed by atoms with Crippen LogP contribution in [0.3, 0.4) is 0 Å². The van der Waals surface area contributed by atoms with Gasteiger partial charge in [-0.3, -0.25) is 4.79 Å². The molecule has 5 rings (SSSR count). The molecule has 2 heterocycles. The van der Waals surface area contributed by atoms with Crippen LogP contribution >= 0.6 is 11.3 Å². The third-order valence-electron chi connectivity index (χ3n) is 7.28. The predicted octanol–water partition coefficient (Wildman–Crippen LogP) is 6.29. The minimum absolute atomic E-state index is 0.0469. The summed E-state index contributed by atoms with van der Waals surface area (Å²) in [4.78, 5) is 27.1. The van der Waals surface area contributed by atoms with E-state index in [1.165, 1.54) is 17.6 Å². The fourth-order valence-corrected chi connectivity index (χ4v) is 6.35. The van der Waals surface area contributed by atoms with Crippen molar-refractivity contribution in [2.45, 2.75) is 53.1 Å². The molecule has 7 heteroatoms. The Hall–Kier alpha value is -3.32. The van der Waals surface area contributed by atoms with Gasteiger partial charge < -0.3 is 20.1 Å². The third kappa shape index (κ3) is 4.60. The molecule has 2 aliphatic rings. The van der Waals surface area contributed by atoms with Crippen LogP contribution in [0.25, 0.3) is 0 Å². The van der Waals surface area contributed by atoms with Crippen LogP contribution in [0.5, 0.6) is 11.5 Å². The van der Waals surface area contributed by atoms with Crippen molar-refractivity contribution < 1.29 is 19.1 Å². The highest BCUT2D eigenvalue weighted by Crippen LogP contribution is 2.46. The van der Waals surface area contributed by atoms with E-state index in [4.69, 9.17) is 9.47 Å². The van der Waals surface area contributed by atoms with Gasteiger partial charge in [-0.1, -0.05) is 44.5 Å². The van der Waals surface area contributed by atoms with E-state index in [-0.39, 0.29) is 11.3 Å². The molecule has 2 atom stereocenters. The summed E-state index contributed by atoms with van der Waals surface area (Å²) in [6.45, 7) is 8.86. The molecule has 1 aliphatic carbocycles. The van der Waals surface area contributed by atoms with Gasteiger partial charge in [0.15, 0.2) is 11.5 Å². The van der Waals surface area contributed by atoms with Crippen molar-refractivity contribution in [1.82, 2.24) is 5.32 Å². The maximum absolute atomic E-state index is 13.2. The Labute approximate surface area is 216 Å². The van der Waals surface area contributed by atoms with Crippen molar-refractivity contribution in [3.63, 3.8) is 0 Å². The highest BCUT2D eigenvalue weighted by atomic mass is 32.1. The Morgan fingerprint density at radius 3 is 2.50 bits per heavy atom. The van der Waals surface area contributed by atoms with Gasteiger partial charge in [-0.25, -0.2) is 4.79 Å². The standard InChI is InChI=1S/C29H32N2O4S/c1-16-6-8-17(9-7-16)28(33)35-21-13-10-18(14-22(21)34-5)25-30-26(32)24-20-12-11-19(29(2,3)4)15-23(20)36-27(24)31-25/h6-10,13-14,19,25,31H,11-12,15H2,1-5H3,(H,30,32)/t19-,25-/m0/s1. The van der Waals surface area contributed by atoms with Crippen LogP contribution in [0.15, 0.2) is 42.5 Å². The molecule has 0 saturated heterocycles.